The number of thiophene rings is 2. The molecule has 1 saturated heterocycles. The van der Waals surface area contributed by atoms with E-state index in [-0.39, 0.29) is 11.8 Å². The molecule has 7 heteroatoms. The lowest BCUT2D eigenvalue weighted by Gasteiger charge is -2.34. The highest BCUT2D eigenvalue weighted by Gasteiger charge is 2.27. The minimum absolute atomic E-state index is 0.114. The second-order valence-electron chi connectivity index (χ2n) is 7.31. The van der Waals surface area contributed by atoms with E-state index in [0.717, 1.165) is 30.8 Å². The van der Waals surface area contributed by atoms with Crippen molar-refractivity contribution < 1.29 is 9.59 Å². The molecule has 5 rings (SSSR count). The summed E-state index contributed by atoms with van der Waals surface area (Å²) >= 11 is 3.35. The van der Waals surface area contributed by atoms with E-state index in [2.05, 4.69) is 28.4 Å². The quantitative estimate of drug-likeness (QED) is 0.733. The van der Waals surface area contributed by atoms with E-state index in [9.17, 15) is 9.59 Å². The zero-order valence-corrected chi connectivity index (χ0v) is 16.6. The van der Waals surface area contributed by atoms with Crippen molar-refractivity contribution in [1.82, 2.24) is 15.1 Å². The van der Waals surface area contributed by atoms with Crippen LogP contribution in [-0.2, 0) is 4.79 Å². The summed E-state index contributed by atoms with van der Waals surface area (Å²) < 4.78 is 3.69. The van der Waals surface area contributed by atoms with Gasteiger partial charge in [-0.05, 0) is 25.0 Å². The van der Waals surface area contributed by atoms with E-state index in [1.807, 2.05) is 17.0 Å². The van der Waals surface area contributed by atoms with Crippen LogP contribution in [0.1, 0.15) is 22.5 Å². The molecule has 3 heterocycles. The van der Waals surface area contributed by atoms with Crippen LogP contribution in [0.15, 0.2) is 30.3 Å². The highest BCUT2D eigenvalue weighted by molar-refractivity contribution is 7.33. The molecular weight excluding hydrogens is 378 g/mol. The van der Waals surface area contributed by atoms with Gasteiger partial charge in [0.05, 0.1) is 16.1 Å². The maximum Gasteiger partial charge on any atom is 0.264 e. The Morgan fingerprint density at radius 2 is 1.81 bits per heavy atom. The van der Waals surface area contributed by atoms with Gasteiger partial charge in [-0.1, -0.05) is 18.2 Å². The van der Waals surface area contributed by atoms with Gasteiger partial charge in [-0.3, -0.25) is 14.5 Å². The minimum atomic E-state index is 0.114. The first-order valence-electron chi connectivity index (χ1n) is 9.39. The topological polar surface area (TPSA) is 52.7 Å². The van der Waals surface area contributed by atoms with Crippen molar-refractivity contribution in [2.45, 2.75) is 18.9 Å². The molecule has 1 aliphatic heterocycles. The average molecular weight is 400 g/mol. The second kappa shape index (κ2) is 6.89. The third-order valence-electron chi connectivity index (χ3n) is 5.23. The predicted octanol–water partition coefficient (Wildman–Crippen LogP) is 3.15. The highest BCUT2D eigenvalue weighted by Crippen LogP contribution is 2.39. The zero-order valence-electron chi connectivity index (χ0n) is 14.9. The molecule has 2 aromatic heterocycles. The Hall–Kier alpha value is -1.96. The number of carbonyl (C=O) groups is 2. The number of fused-ring (bicyclic) bond motifs is 3. The summed E-state index contributed by atoms with van der Waals surface area (Å²) in [5, 5.41) is 4.27. The zero-order chi connectivity index (χ0) is 18.4. The van der Waals surface area contributed by atoms with Gasteiger partial charge in [0.15, 0.2) is 0 Å². The molecule has 5 nitrogen and oxygen atoms in total. The van der Waals surface area contributed by atoms with Crippen LogP contribution in [0.25, 0.3) is 19.5 Å². The average Bonchev–Trinajstić information content (AvgIpc) is 3.27. The number of piperazine rings is 1. The van der Waals surface area contributed by atoms with Crippen molar-refractivity contribution in [1.29, 1.82) is 0 Å². The summed E-state index contributed by atoms with van der Waals surface area (Å²) in [6, 6.07) is 10.8. The number of benzene rings is 1. The molecule has 1 saturated carbocycles. The van der Waals surface area contributed by atoms with Crippen molar-refractivity contribution in [2.75, 3.05) is 32.7 Å². The molecule has 27 heavy (non-hydrogen) atoms. The lowest BCUT2D eigenvalue weighted by Crippen LogP contribution is -2.51. The summed E-state index contributed by atoms with van der Waals surface area (Å²) in [5.41, 5.74) is 0. The molecule has 1 aliphatic carbocycles. The Morgan fingerprint density at radius 3 is 2.59 bits per heavy atom. The Morgan fingerprint density at radius 1 is 1.04 bits per heavy atom. The van der Waals surface area contributed by atoms with Gasteiger partial charge in [0, 0.05) is 47.0 Å². The maximum absolute atomic E-state index is 12.9. The predicted molar refractivity (Wildman–Crippen MR) is 111 cm³/mol. The third kappa shape index (κ3) is 3.47. The largest absolute Gasteiger partial charge is 0.352 e. The van der Waals surface area contributed by atoms with Gasteiger partial charge < -0.3 is 10.2 Å². The van der Waals surface area contributed by atoms with Gasteiger partial charge in [-0.2, -0.15) is 0 Å². The second-order valence-corrected chi connectivity index (χ2v) is 9.45. The summed E-state index contributed by atoms with van der Waals surface area (Å²) in [5.74, 6) is 0.234. The first-order chi connectivity index (χ1) is 13.2. The van der Waals surface area contributed by atoms with Gasteiger partial charge in [-0.15, -0.1) is 22.7 Å². The van der Waals surface area contributed by atoms with Crippen LogP contribution in [0, 0.1) is 0 Å². The van der Waals surface area contributed by atoms with E-state index < -0.39 is 0 Å². The van der Waals surface area contributed by atoms with Crippen LogP contribution < -0.4 is 5.32 Å². The standard InChI is InChI=1S/C20H21N3O2S2/c24-18(21-13-5-6-13)12-22-7-9-23(10-8-22)20(25)17-11-16-19(27-17)14-3-1-2-4-15(14)26-16/h1-4,11,13H,5-10,12H2,(H,21,24). The summed E-state index contributed by atoms with van der Waals surface area (Å²) in [6.07, 6.45) is 2.23. The number of nitrogens with zero attached hydrogens (tertiary/aromatic N) is 2. The van der Waals surface area contributed by atoms with E-state index in [1.165, 1.54) is 19.5 Å². The monoisotopic (exact) mass is 399 g/mol. The Kier molecular flexibility index (Phi) is 4.38. The first-order valence-corrected chi connectivity index (χ1v) is 11.0. The van der Waals surface area contributed by atoms with Crippen molar-refractivity contribution in [2.24, 2.45) is 0 Å². The van der Waals surface area contributed by atoms with Crippen molar-refractivity contribution in [3.8, 4) is 0 Å². The number of nitrogens with one attached hydrogen (secondary N) is 1. The highest BCUT2D eigenvalue weighted by atomic mass is 32.1. The van der Waals surface area contributed by atoms with E-state index >= 15 is 0 Å². The fraction of sp³-hybridized carbons (Fsp3) is 0.400. The molecule has 1 aromatic carbocycles. The summed E-state index contributed by atoms with van der Waals surface area (Å²) in [4.78, 5) is 29.8. The molecule has 2 aliphatic rings. The molecule has 3 aromatic rings. The molecule has 2 amide bonds. The van der Waals surface area contributed by atoms with Crippen LogP contribution in [0.5, 0.6) is 0 Å². The van der Waals surface area contributed by atoms with Gasteiger partial charge in [0.1, 0.15) is 0 Å². The van der Waals surface area contributed by atoms with Gasteiger partial charge in [0.2, 0.25) is 5.91 Å². The molecule has 0 atom stereocenters. The Labute approximate surface area is 165 Å². The van der Waals surface area contributed by atoms with Crippen LogP contribution in [0.2, 0.25) is 0 Å². The number of hydrogen-bond acceptors (Lipinski definition) is 5. The molecular formula is C20H21N3O2S2. The number of amides is 2. The van der Waals surface area contributed by atoms with E-state index in [4.69, 9.17) is 0 Å². The smallest absolute Gasteiger partial charge is 0.264 e. The first kappa shape index (κ1) is 17.2. The van der Waals surface area contributed by atoms with Crippen molar-refractivity contribution in [3.05, 3.63) is 35.2 Å². The Bertz CT molecular complexity index is 1010. The van der Waals surface area contributed by atoms with E-state index in [1.54, 1.807) is 22.7 Å². The molecule has 1 N–H and O–H groups in total. The van der Waals surface area contributed by atoms with Crippen LogP contribution in [0.4, 0.5) is 0 Å². The Balaban J connectivity index is 1.23. The number of hydrogen-bond donors (Lipinski definition) is 1. The molecule has 0 radical (unpaired) electrons. The fourth-order valence-corrected chi connectivity index (χ4v) is 6.07. The molecule has 140 valence electrons. The fourth-order valence-electron chi connectivity index (χ4n) is 3.57. The number of rotatable bonds is 4. The lowest BCUT2D eigenvalue weighted by molar-refractivity contribution is -0.122. The van der Waals surface area contributed by atoms with Gasteiger partial charge in [-0.25, -0.2) is 0 Å². The normalized spacial score (nSPS) is 18.3. The third-order valence-corrected chi connectivity index (χ3v) is 7.63. The minimum Gasteiger partial charge on any atom is -0.352 e. The van der Waals surface area contributed by atoms with Crippen molar-refractivity contribution in [3.63, 3.8) is 0 Å². The van der Waals surface area contributed by atoms with Crippen LogP contribution >= 0.6 is 22.7 Å². The van der Waals surface area contributed by atoms with Gasteiger partial charge >= 0.3 is 0 Å². The molecule has 0 spiro atoms. The summed E-state index contributed by atoms with van der Waals surface area (Å²) in [6.45, 7) is 3.32. The molecule has 0 unspecified atom stereocenters. The SMILES string of the molecule is O=C(CN1CCN(C(=O)c2cc3sc4ccccc4c3s2)CC1)NC1CC1. The van der Waals surface area contributed by atoms with Crippen LogP contribution in [0.3, 0.4) is 0 Å². The van der Waals surface area contributed by atoms with Crippen molar-refractivity contribution >= 4 is 54.0 Å². The lowest BCUT2D eigenvalue weighted by atomic mass is 10.2. The van der Waals surface area contributed by atoms with Crippen LogP contribution in [-0.4, -0.2) is 60.4 Å². The maximum atomic E-state index is 12.9. The molecule has 0 bridgehead atoms. The molecule has 2 fully saturated rings. The summed E-state index contributed by atoms with van der Waals surface area (Å²) in [7, 11) is 0. The number of carbonyl (C=O) groups excluding carboxylic acids is 2. The van der Waals surface area contributed by atoms with E-state index in [0.29, 0.717) is 25.7 Å². The van der Waals surface area contributed by atoms with Gasteiger partial charge in [0.25, 0.3) is 5.91 Å².